The third-order valence-electron chi connectivity index (χ3n) is 4.23. The van der Waals surface area contributed by atoms with Gasteiger partial charge in [-0.3, -0.25) is 19.3 Å². The summed E-state index contributed by atoms with van der Waals surface area (Å²) in [6, 6.07) is 9.29. The molecule has 0 atom stereocenters. The Morgan fingerprint density at radius 1 is 1.19 bits per heavy atom. The molecule has 0 bridgehead atoms. The van der Waals surface area contributed by atoms with Crippen molar-refractivity contribution in [2.75, 3.05) is 20.8 Å². The van der Waals surface area contributed by atoms with Crippen molar-refractivity contribution >= 4 is 50.9 Å². The molecule has 0 radical (unpaired) electrons. The third kappa shape index (κ3) is 5.45. The number of imide groups is 1. The summed E-state index contributed by atoms with van der Waals surface area (Å²) in [5.41, 5.74) is 1.36. The maximum absolute atomic E-state index is 13.1. The number of halogens is 2. The number of amides is 2. The molecule has 1 fully saturated rings. The summed E-state index contributed by atoms with van der Waals surface area (Å²) in [7, 11) is 2.65. The highest BCUT2D eigenvalue weighted by Crippen LogP contribution is 2.39. The predicted molar refractivity (Wildman–Crippen MR) is 116 cm³/mol. The van der Waals surface area contributed by atoms with Gasteiger partial charge in [0.05, 0.1) is 23.6 Å². The van der Waals surface area contributed by atoms with E-state index in [2.05, 4.69) is 20.7 Å². The minimum Gasteiger partial charge on any atom is -0.493 e. The molecule has 2 aromatic rings. The summed E-state index contributed by atoms with van der Waals surface area (Å²) in [6.45, 7) is -0.247. The molecule has 2 aromatic carbocycles. The van der Waals surface area contributed by atoms with E-state index >= 15 is 0 Å². The lowest BCUT2D eigenvalue weighted by molar-refractivity contribution is -0.143. The number of methoxy groups -OCH3 is 2. The number of ether oxygens (including phenoxy) is 3. The first kappa shape index (κ1) is 22.8. The van der Waals surface area contributed by atoms with Gasteiger partial charge in [-0.1, -0.05) is 12.1 Å². The molecule has 3 rings (SSSR count). The van der Waals surface area contributed by atoms with E-state index in [1.54, 1.807) is 24.3 Å². The zero-order valence-corrected chi connectivity index (χ0v) is 18.9. The van der Waals surface area contributed by atoms with Gasteiger partial charge in [-0.2, -0.15) is 0 Å². The van der Waals surface area contributed by atoms with Crippen LogP contribution in [-0.2, 0) is 20.9 Å². The largest absolute Gasteiger partial charge is 0.493 e. The van der Waals surface area contributed by atoms with E-state index in [9.17, 15) is 18.8 Å². The summed E-state index contributed by atoms with van der Waals surface area (Å²) in [5, 5.41) is -0.549. The Morgan fingerprint density at radius 2 is 1.90 bits per heavy atom. The SMILES string of the molecule is COC(=O)CN1C(=O)S/C(=C\c2cc(Br)c(OCc3ccc(F)cc3)c(OC)c2)C1=O. The van der Waals surface area contributed by atoms with E-state index in [1.807, 2.05) is 0 Å². The highest BCUT2D eigenvalue weighted by Gasteiger charge is 2.36. The van der Waals surface area contributed by atoms with Crippen LogP contribution < -0.4 is 9.47 Å². The van der Waals surface area contributed by atoms with E-state index in [0.717, 1.165) is 22.2 Å². The second-order valence-corrected chi connectivity index (χ2v) is 8.14. The second kappa shape index (κ2) is 9.97. The number of esters is 1. The van der Waals surface area contributed by atoms with Gasteiger partial charge in [0.1, 0.15) is 19.0 Å². The molecule has 10 heteroatoms. The van der Waals surface area contributed by atoms with Crippen molar-refractivity contribution in [3.05, 3.63) is 62.7 Å². The van der Waals surface area contributed by atoms with Crippen LogP contribution in [0.3, 0.4) is 0 Å². The van der Waals surface area contributed by atoms with Crippen molar-refractivity contribution in [1.29, 1.82) is 0 Å². The number of carbonyl (C=O) groups is 3. The molecule has 0 aromatic heterocycles. The van der Waals surface area contributed by atoms with Crippen LogP contribution in [-0.4, -0.2) is 42.8 Å². The van der Waals surface area contributed by atoms with Gasteiger partial charge in [-0.05, 0) is 69.2 Å². The molecule has 2 amide bonds. The van der Waals surface area contributed by atoms with Gasteiger partial charge >= 0.3 is 5.97 Å². The Morgan fingerprint density at radius 3 is 2.55 bits per heavy atom. The standard InChI is InChI=1S/C21H17BrFNO6S/c1-28-16-8-13(9-17-20(26)24(21(27)31-17)10-18(25)29-2)7-15(22)19(16)30-11-12-3-5-14(23)6-4-12/h3-9H,10-11H2,1-2H3/b17-9-. The van der Waals surface area contributed by atoms with Crippen molar-refractivity contribution in [3.8, 4) is 11.5 Å². The number of rotatable bonds is 7. The maximum atomic E-state index is 13.1. The van der Waals surface area contributed by atoms with Crippen LogP contribution in [0.1, 0.15) is 11.1 Å². The molecule has 0 N–H and O–H groups in total. The molecule has 0 aliphatic carbocycles. The first-order valence-corrected chi connectivity index (χ1v) is 10.5. The Bertz CT molecular complexity index is 1060. The molecule has 7 nitrogen and oxygen atoms in total. The van der Waals surface area contributed by atoms with Crippen LogP contribution in [0.15, 0.2) is 45.8 Å². The van der Waals surface area contributed by atoms with E-state index in [-0.39, 0.29) is 17.3 Å². The van der Waals surface area contributed by atoms with Gasteiger partial charge < -0.3 is 14.2 Å². The average molecular weight is 510 g/mol. The summed E-state index contributed by atoms with van der Waals surface area (Å²) < 4.78 is 29.4. The molecule has 1 saturated heterocycles. The van der Waals surface area contributed by atoms with Gasteiger partial charge in [0.2, 0.25) is 0 Å². The molecule has 0 saturated carbocycles. The molecular formula is C21H17BrFNO6S. The van der Waals surface area contributed by atoms with E-state index in [1.165, 1.54) is 32.4 Å². The van der Waals surface area contributed by atoms with Gasteiger partial charge in [0, 0.05) is 0 Å². The van der Waals surface area contributed by atoms with Crippen molar-refractivity contribution in [3.63, 3.8) is 0 Å². The Hall–Kier alpha value is -2.85. The van der Waals surface area contributed by atoms with Crippen molar-refractivity contribution < 1.29 is 33.0 Å². The summed E-state index contributed by atoms with van der Waals surface area (Å²) >= 11 is 4.16. The topological polar surface area (TPSA) is 82.1 Å². The van der Waals surface area contributed by atoms with Crippen molar-refractivity contribution in [2.45, 2.75) is 6.61 Å². The lowest BCUT2D eigenvalue weighted by Crippen LogP contribution is -2.34. The lowest BCUT2D eigenvalue weighted by atomic mass is 10.1. The maximum Gasteiger partial charge on any atom is 0.325 e. The zero-order valence-electron chi connectivity index (χ0n) is 16.5. The van der Waals surface area contributed by atoms with Crippen LogP contribution in [0.5, 0.6) is 11.5 Å². The predicted octanol–water partition coefficient (Wildman–Crippen LogP) is 4.39. The first-order valence-electron chi connectivity index (χ1n) is 8.89. The normalized spacial score (nSPS) is 14.8. The molecule has 0 spiro atoms. The summed E-state index contributed by atoms with van der Waals surface area (Å²) in [4.78, 5) is 37.0. The Balaban J connectivity index is 1.80. The van der Waals surface area contributed by atoms with Crippen molar-refractivity contribution in [2.24, 2.45) is 0 Å². The molecule has 1 heterocycles. The summed E-state index contributed by atoms with van der Waals surface area (Å²) in [6.07, 6.45) is 1.53. The Labute approximate surface area is 190 Å². The number of benzene rings is 2. The Kier molecular flexibility index (Phi) is 7.34. The van der Waals surface area contributed by atoms with Crippen LogP contribution in [0.4, 0.5) is 9.18 Å². The highest BCUT2D eigenvalue weighted by molar-refractivity contribution is 9.10. The molecule has 0 unspecified atom stereocenters. The minimum atomic E-state index is -0.685. The number of nitrogens with zero attached hydrogens (tertiary/aromatic N) is 1. The van der Waals surface area contributed by atoms with E-state index < -0.39 is 23.7 Å². The zero-order chi connectivity index (χ0) is 22.5. The van der Waals surface area contributed by atoms with Crippen LogP contribution in [0.2, 0.25) is 0 Å². The van der Waals surface area contributed by atoms with Gasteiger partial charge in [0.15, 0.2) is 11.5 Å². The minimum absolute atomic E-state index is 0.169. The van der Waals surface area contributed by atoms with E-state index in [0.29, 0.717) is 21.5 Å². The number of hydrogen-bond acceptors (Lipinski definition) is 7. The quantitative estimate of drug-likeness (QED) is 0.404. The molecule has 31 heavy (non-hydrogen) atoms. The second-order valence-electron chi connectivity index (χ2n) is 6.29. The average Bonchev–Trinajstić information content (AvgIpc) is 3.01. The number of thioether (sulfide) groups is 1. The van der Waals surface area contributed by atoms with Gasteiger partial charge in [-0.25, -0.2) is 4.39 Å². The van der Waals surface area contributed by atoms with Gasteiger partial charge in [-0.15, -0.1) is 0 Å². The first-order chi connectivity index (χ1) is 14.8. The molecule has 162 valence electrons. The van der Waals surface area contributed by atoms with Crippen LogP contribution >= 0.6 is 27.7 Å². The number of carbonyl (C=O) groups excluding carboxylic acids is 3. The molecule has 1 aliphatic rings. The summed E-state index contributed by atoms with van der Waals surface area (Å²) in [5.74, 6) is -0.759. The lowest BCUT2D eigenvalue weighted by Gasteiger charge is -2.14. The third-order valence-corrected chi connectivity index (χ3v) is 5.73. The van der Waals surface area contributed by atoms with Crippen molar-refractivity contribution in [1.82, 2.24) is 4.90 Å². The highest BCUT2D eigenvalue weighted by atomic mass is 79.9. The van der Waals surface area contributed by atoms with E-state index in [4.69, 9.17) is 9.47 Å². The van der Waals surface area contributed by atoms with Crippen LogP contribution in [0.25, 0.3) is 6.08 Å². The smallest absolute Gasteiger partial charge is 0.325 e. The fourth-order valence-electron chi connectivity index (χ4n) is 2.68. The fourth-order valence-corrected chi connectivity index (χ4v) is 4.09. The van der Waals surface area contributed by atoms with Crippen LogP contribution in [0, 0.1) is 5.82 Å². The monoisotopic (exact) mass is 509 g/mol. The molecule has 1 aliphatic heterocycles. The molecular weight excluding hydrogens is 493 g/mol. The fraction of sp³-hybridized carbons (Fsp3) is 0.190. The van der Waals surface area contributed by atoms with Gasteiger partial charge in [0.25, 0.3) is 11.1 Å². The number of hydrogen-bond donors (Lipinski definition) is 0.